The predicted octanol–water partition coefficient (Wildman–Crippen LogP) is 9.98. The molecule has 1 aromatic rings. The summed E-state index contributed by atoms with van der Waals surface area (Å²) in [5.41, 5.74) is 2.52. The molecule has 1 heterocycles. The Morgan fingerprint density at radius 2 is 0.812 bits per heavy atom. The van der Waals surface area contributed by atoms with Crippen molar-refractivity contribution < 1.29 is 0 Å². The average molecular weight is 444 g/mol. The van der Waals surface area contributed by atoms with Crippen LogP contribution in [0, 0.1) is 6.42 Å². The number of aryl methyl sites for hydroxylation is 2. The molecule has 2 nitrogen and oxygen atoms in total. The number of aromatic nitrogens is 2. The Balaban J connectivity index is 2.13. The summed E-state index contributed by atoms with van der Waals surface area (Å²) in [5, 5.41) is 0. The van der Waals surface area contributed by atoms with Crippen molar-refractivity contribution in [2.45, 2.75) is 162 Å². The van der Waals surface area contributed by atoms with Gasteiger partial charge in [0.25, 0.3) is 0 Å². The lowest BCUT2D eigenvalue weighted by Gasteiger charge is -2.08. The zero-order valence-electron chi connectivity index (χ0n) is 22.1. The summed E-state index contributed by atoms with van der Waals surface area (Å²) < 4.78 is 0. The van der Waals surface area contributed by atoms with E-state index in [4.69, 9.17) is 9.97 Å². The van der Waals surface area contributed by atoms with Crippen molar-refractivity contribution >= 4 is 0 Å². The van der Waals surface area contributed by atoms with E-state index in [0.29, 0.717) is 0 Å². The van der Waals surface area contributed by atoms with E-state index in [-0.39, 0.29) is 0 Å². The smallest absolute Gasteiger partial charge is 0.132 e. The van der Waals surface area contributed by atoms with Gasteiger partial charge in [-0.15, -0.1) is 0 Å². The Hall–Kier alpha value is -0.920. The van der Waals surface area contributed by atoms with Gasteiger partial charge in [0.1, 0.15) is 5.82 Å². The van der Waals surface area contributed by atoms with Crippen LogP contribution < -0.4 is 0 Å². The van der Waals surface area contributed by atoms with Crippen molar-refractivity contribution in [1.82, 2.24) is 9.97 Å². The fourth-order valence-corrected chi connectivity index (χ4v) is 4.55. The standard InChI is InChI=1S/C30H55N2/c1-4-7-9-11-13-15-17-19-21-23-25-28-27-29(32-30(6-3)31-28)26-24-22-20-18-16-14-12-10-8-5-2/h6,27H,4-5,7-26H2,1-3H3. The molecule has 0 saturated carbocycles. The van der Waals surface area contributed by atoms with E-state index < -0.39 is 0 Å². The van der Waals surface area contributed by atoms with E-state index in [1.807, 2.05) is 0 Å². The Morgan fingerprint density at radius 3 is 1.12 bits per heavy atom. The van der Waals surface area contributed by atoms with Crippen molar-refractivity contribution in [3.63, 3.8) is 0 Å². The van der Waals surface area contributed by atoms with Gasteiger partial charge in [-0.2, -0.15) is 0 Å². The van der Waals surface area contributed by atoms with Crippen LogP contribution in [-0.2, 0) is 12.8 Å². The van der Waals surface area contributed by atoms with E-state index >= 15 is 0 Å². The summed E-state index contributed by atoms with van der Waals surface area (Å²) in [7, 11) is 0. The molecule has 2 heteroatoms. The molecule has 0 aliphatic heterocycles. The summed E-state index contributed by atoms with van der Waals surface area (Å²) in [4.78, 5) is 9.52. The summed E-state index contributed by atoms with van der Waals surface area (Å²) in [6, 6.07) is 2.29. The number of rotatable bonds is 23. The first-order valence-electron chi connectivity index (χ1n) is 14.5. The highest BCUT2D eigenvalue weighted by atomic mass is 14.9. The molecular formula is C30H55N2. The molecular weight excluding hydrogens is 388 g/mol. The molecule has 0 amide bonds. The number of hydrogen-bond donors (Lipinski definition) is 0. The van der Waals surface area contributed by atoms with Crippen LogP contribution in [0.5, 0.6) is 0 Å². The third-order valence-electron chi connectivity index (χ3n) is 6.68. The fraction of sp³-hybridized carbons (Fsp3) is 0.833. The maximum atomic E-state index is 4.76. The minimum atomic E-state index is 0.927. The Bertz CT molecular complexity index is 483. The zero-order valence-corrected chi connectivity index (χ0v) is 22.1. The minimum Gasteiger partial charge on any atom is -0.238 e. The van der Waals surface area contributed by atoms with Gasteiger partial charge >= 0.3 is 0 Å². The van der Waals surface area contributed by atoms with Crippen molar-refractivity contribution in [3.05, 3.63) is 29.7 Å². The molecule has 0 atom stereocenters. The second-order valence-corrected chi connectivity index (χ2v) is 9.86. The van der Waals surface area contributed by atoms with Gasteiger partial charge in [0.05, 0.1) is 0 Å². The molecule has 0 N–H and O–H groups in total. The Morgan fingerprint density at radius 1 is 0.500 bits per heavy atom. The topological polar surface area (TPSA) is 25.8 Å². The summed E-state index contributed by atoms with van der Waals surface area (Å²) >= 11 is 0. The van der Waals surface area contributed by atoms with Crippen LogP contribution in [0.1, 0.15) is 166 Å². The van der Waals surface area contributed by atoms with Crippen LogP contribution >= 0.6 is 0 Å². The average Bonchev–Trinajstić information content (AvgIpc) is 2.81. The quantitative estimate of drug-likeness (QED) is 0.157. The first kappa shape index (κ1) is 29.1. The van der Waals surface area contributed by atoms with E-state index in [1.165, 1.54) is 140 Å². The molecule has 0 aliphatic carbocycles. The predicted molar refractivity (Wildman–Crippen MR) is 142 cm³/mol. The van der Waals surface area contributed by atoms with Crippen LogP contribution in [0.15, 0.2) is 6.07 Å². The van der Waals surface area contributed by atoms with Crippen LogP contribution in [0.3, 0.4) is 0 Å². The van der Waals surface area contributed by atoms with Gasteiger partial charge in [-0.1, -0.05) is 136 Å². The monoisotopic (exact) mass is 443 g/mol. The van der Waals surface area contributed by atoms with E-state index in [2.05, 4.69) is 33.3 Å². The zero-order chi connectivity index (χ0) is 23.1. The van der Waals surface area contributed by atoms with Crippen molar-refractivity contribution in [2.75, 3.05) is 0 Å². The Labute approximate surface area is 201 Å². The lowest BCUT2D eigenvalue weighted by atomic mass is 10.0. The van der Waals surface area contributed by atoms with Crippen LogP contribution in [-0.4, -0.2) is 9.97 Å². The van der Waals surface area contributed by atoms with Crippen LogP contribution in [0.4, 0.5) is 0 Å². The number of nitrogens with zero attached hydrogens (tertiary/aromatic N) is 2. The van der Waals surface area contributed by atoms with Gasteiger partial charge in [-0.25, -0.2) is 9.97 Å². The second-order valence-electron chi connectivity index (χ2n) is 9.86. The summed E-state index contributed by atoms with van der Waals surface area (Å²) in [6.45, 7) is 6.64. The third-order valence-corrected chi connectivity index (χ3v) is 6.68. The molecule has 0 aliphatic rings. The highest BCUT2D eigenvalue weighted by Gasteiger charge is 2.05. The fourth-order valence-electron chi connectivity index (χ4n) is 4.55. The molecule has 1 rings (SSSR count). The maximum absolute atomic E-state index is 4.76. The molecule has 1 radical (unpaired) electrons. The lowest BCUT2D eigenvalue weighted by Crippen LogP contribution is -2.02. The highest BCUT2D eigenvalue weighted by molar-refractivity contribution is 5.15. The summed E-state index contributed by atoms with van der Waals surface area (Å²) in [5.74, 6) is 0.927. The maximum Gasteiger partial charge on any atom is 0.132 e. The first-order valence-corrected chi connectivity index (χ1v) is 14.5. The molecule has 0 bridgehead atoms. The largest absolute Gasteiger partial charge is 0.238 e. The number of hydrogen-bond acceptors (Lipinski definition) is 2. The first-order chi connectivity index (χ1) is 15.8. The molecule has 1 aromatic heterocycles. The van der Waals surface area contributed by atoms with Crippen LogP contribution in [0.25, 0.3) is 0 Å². The summed E-state index contributed by atoms with van der Waals surface area (Å²) in [6.07, 6.45) is 32.1. The third kappa shape index (κ3) is 16.7. The molecule has 32 heavy (non-hydrogen) atoms. The van der Waals surface area contributed by atoms with E-state index in [9.17, 15) is 0 Å². The highest BCUT2D eigenvalue weighted by Crippen LogP contribution is 2.15. The van der Waals surface area contributed by atoms with Gasteiger partial charge in [0, 0.05) is 17.8 Å². The van der Waals surface area contributed by atoms with Gasteiger partial charge in [0.15, 0.2) is 0 Å². The van der Waals surface area contributed by atoms with E-state index in [1.54, 1.807) is 0 Å². The molecule has 0 fully saturated rings. The van der Waals surface area contributed by atoms with Crippen molar-refractivity contribution in [1.29, 1.82) is 0 Å². The van der Waals surface area contributed by atoms with Gasteiger partial charge in [-0.05, 0) is 31.7 Å². The lowest BCUT2D eigenvalue weighted by molar-refractivity contribution is 0.553. The van der Waals surface area contributed by atoms with Gasteiger partial charge < -0.3 is 0 Å². The number of unbranched alkanes of at least 4 members (excludes halogenated alkanes) is 18. The molecule has 185 valence electrons. The molecule has 0 saturated heterocycles. The van der Waals surface area contributed by atoms with Crippen molar-refractivity contribution in [2.24, 2.45) is 0 Å². The van der Waals surface area contributed by atoms with Gasteiger partial charge in [0.2, 0.25) is 0 Å². The van der Waals surface area contributed by atoms with E-state index in [0.717, 1.165) is 18.7 Å². The normalized spacial score (nSPS) is 11.3. The van der Waals surface area contributed by atoms with Crippen molar-refractivity contribution in [3.8, 4) is 0 Å². The minimum absolute atomic E-state index is 0.927. The van der Waals surface area contributed by atoms with Crippen LogP contribution in [0.2, 0.25) is 0 Å². The SMILES string of the molecule is C[CH]c1nc(CCCCCCCCCCCC)cc(CCCCCCCCCCCC)n1. The van der Waals surface area contributed by atoms with Gasteiger partial charge in [-0.3, -0.25) is 0 Å². The Kier molecular flexibility index (Phi) is 19.9. The molecule has 0 aromatic carbocycles. The molecule has 0 unspecified atom stereocenters. The molecule has 0 spiro atoms. The second kappa shape index (κ2) is 21.9.